The van der Waals surface area contributed by atoms with E-state index in [4.69, 9.17) is 0 Å². The molecule has 1 saturated carbocycles. The number of aromatic nitrogens is 1. The van der Waals surface area contributed by atoms with Gasteiger partial charge < -0.3 is 20.2 Å². The number of nitrogens with zero attached hydrogens (tertiary/aromatic N) is 4. The monoisotopic (exact) mass is 493 g/mol. The Hall–Kier alpha value is -2.54. The molecule has 2 aliphatic heterocycles. The number of aliphatic imine (C=N–C) groups is 2. The Kier molecular flexibility index (Phi) is 6.09. The Balaban J connectivity index is 1.53. The number of rotatable bonds is 3. The summed E-state index contributed by atoms with van der Waals surface area (Å²) in [6, 6.07) is 6.65. The zero-order valence-electron chi connectivity index (χ0n) is 18.1. The average molecular weight is 494 g/mol. The van der Waals surface area contributed by atoms with E-state index in [1.807, 2.05) is 24.3 Å². The van der Waals surface area contributed by atoms with Crippen LogP contribution in [0, 0.1) is 5.92 Å². The lowest BCUT2D eigenvalue weighted by atomic mass is 10.0. The molecule has 182 valence electrons. The number of carbonyl (C=O) groups is 1. The zero-order valence-corrected chi connectivity index (χ0v) is 19.0. The Morgan fingerprint density at radius 1 is 1.21 bits per heavy atom. The maximum Gasteiger partial charge on any atom is 0.251 e. The smallest absolute Gasteiger partial charge is 0.251 e. The van der Waals surface area contributed by atoms with Gasteiger partial charge in [-0.05, 0) is 18.6 Å². The molecule has 1 aliphatic carbocycles. The quantitative estimate of drug-likeness (QED) is 0.507. The molecular weight excluding hydrogens is 468 g/mol. The van der Waals surface area contributed by atoms with E-state index in [0.717, 1.165) is 10.2 Å². The van der Waals surface area contributed by atoms with Crippen molar-refractivity contribution in [2.75, 3.05) is 19.7 Å². The molecule has 34 heavy (non-hydrogen) atoms. The van der Waals surface area contributed by atoms with Crippen molar-refractivity contribution in [2.24, 2.45) is 15.9 Å². The van der Waals surface area contributed by atoms with Crippen LogP contribution >= 0.6 is 11.3 Å². The summed E-state index contributed by atoms with van der Waals surface area (Å²) in [5.41, 5.74) is 0.722. The van der Waals surface area contributed by atoms with Crippen molar-refractivity contribution >= 4 is 39.3 Å². The molecule has 0 bridgehead atoms. The van der Waals surface area contributed by atoms with Crippen LogP contribution < -0.4 is 5.32 Å². The number of benzene rings is 1. The van der Waals surface area contributed by atoms with E-state index in [1.54, 1.807) is 4.90 Å². The molecular formula is C22H25F2N5O4S. The molecule has 3 aliphatic rings. The van der Waals surface area contributed by atoms with Crippen LogP contribution in [-0.2, 0) is 4.79 Å². The highest BCUT2D eigenvalue weighted by Gasteiger charge is 2.44. The highest BCUT2D eigenvalue weighted by molar-refractivity contribution is 7.18. The van der Waals surface area contributed by atoms with Gasteiger partial charge in [-0.15, -0.1) is 11.3 Å². The topological polar surface area (TPSA) is 131 Å². The Labute approximate surface area is 197 Å². The molecule has 5 atom stereocenters. The number of thiazole rings is 1. The molecule has 2 aromatic rings. The van der Waals surface area contributed by atoms with E-state index in [-0.39, 0.29) is 50.8 Å². The first-order valence-electron chi connectivity index (χ1n) is 11.2. The summed E-state index contributed by atoms with van der Waals surface area (Å²) >= 11 is 1.33. The second-order valence-corrected chi connectivity index (χ2v) is 10.00. The van der Waals surface area contributed by atoms with Crippen molar-refractivity contribution in [3.63, 3.8) is 0 Å². The Morgan fingerprint density at radius 3 is 2.62 bits per heavy atom. The second-order valence-electron chi connectivity index (χ2n) is 8.93. The van der Waals surface area contributed by atoms with E-state index in [9.17, 15) is 28.9 Å². The molecule has 1 aromatic heterocycles. The van der Waals surface area contributed by atoms with Crippen molar-refractivity contribution < 1.29 is 28.9 Å². The van der Waals surface area contributed by atoms with E-state index in [2.05, 4.69) is 20.3 Å². The molecule has 2 fully saturated rings. The first-order chi connectivity index (χ1) is 16.3. The number of aliphatic hydroxyl groups excluding tert-OH is 3. The van der Waals surface area contributed by atoms with E-state index < -0.39 is 41.9 Å². The van der Waals surface area contributed by atoms with Crippen LogP contribution in [0.2, 0.25) is 0 Å². The van der Waals surface area contributed by atoms with Crippen molar-refractivity contribution in [1.82, 2.24) is 15.2 Å². The predicted molar refractivity (Wildman–Crippen MR) is 122 cm³/mol. The zero-order chi connectivity index (χ0) is 24.0. The van der Waals surface area contributed by atoms with Crippen LogP contribution in [0.15, 0.2) is 34.3 Å². The SMILES string of the molecule is O=C1NC(N2CCC(F)(F)CC2)=NC(=N[C@@H]2C[C@H](CO)[C@@H](O)[C@H]2O)C1c1nc2ccccc2s1. The number of para-hydroxylation sites is 1. The molecule has 1 amide bonds. The van der Waals surface area contributed by atoms with Crippen LogP contribution in [0.25, 0.3) is 10.2 Å². The number of guanidine groups is 1. The van der Waals surface area contributed by atoms with Crippen LogP contribution in [-0.4, -0.2) is 86.8 Å². The van der Waals surface area contributed by atoms with Gasteiger partial charge in [0.25, 0.3) is 5.92 Å². The van der Waals surface area contributed by atoms with Crippen LogP contribution in [0.3, 0.4) is 0 Å². The summed E-state index contributed by atoms with van der Waals surface area (Å²) in [6.07, 6.45) is -2.84. The molecule has 1 saturated heterocycles. The van der Waals surface area contributed by atoms with Crippen LogP contribution in [0.1, 0.15) is 30.2 Å². The van der Waals surface area contributed by atoms with Gasteiger partial charge in [-0.25, -0.2) is 13.8 Å². The Morgan fingerprint density at radius 2 is 1.94 bits per heavy atom. The van der Waals surface area contributed by atoms with Gasteiger partial charge in [0.2, 0.25) is 11.9 Å². The number of nitrogens with one attached hydrogen (secondary N) is 1. The number of alkyl halides is 2. The van der Waals surface area contributed by atoms with Crippen molar-refractivity contribution in [3.8, 4) is 0 Å². The molecule has 4 N–H and O–H groups in total. The minimum absolute atomic E-state index is 0.0303. The fourth-order valence-electron chi connectivity index (χ4n) is 4.61. The molecule has 0 radical (unpaired) electrons. The van der Waals surface area contributed by atoms with Gasteiger partial charge in [0.1, 0.15) is 22.9 Å². The third-order valence-electron chi connectivity index (χ3n) is 6.63. The number of amidine groups is 1. The van der Waals surface area contributed by atoms with Crippen LogP contribution in [0.5, 0.6) is 0 Å². The lowest BCUT2D eigenvalue weighted by molar-refractivity contribution is -0.120. The van der Waals surface area contributed by atoms with Gasteiger partial charge in [-0.1, -0.05) is 12.1 Å². The van der Waals surface area contributed by atoms with Gasteiger partial charge in [-0.3, -0.25) is 15.1 Å². The van der Waals surface area contributed by atoms with Crippen LogP contribution in [0.4, 0.5) is 8.78 Å². The first kappa shape index (κ1) is 23.2. The number of aliphatic hydroxyl groups is 3. The van der Waals surface area contributed by atoms with Crippen molar-refractivity contribution in [1.29, 1.82) is 0 Å². The number of fused-ring (bicyclic) bond motifs is 1. The number of amides is 1. The van der Waals surface area contributed by atoms with Gasteiger partial charge in [0, 0.05) is 38.5 Å². The second kappa shape index (κ2) is 8.91. The van der Waals surface area contributed by atoms with E-state index in [1.165, 1.54) is 11.3 Å². The standard InChI is InChI=1S/C22H25F2N5O4S/c23-22(24)5-7-29(8-6-22)21-27-18(25-13-9-11(10-30)16(31)17(13)32)15(19(33)28-21)20-26-12-3-1-2-4-14(12)34-20/h1-4,11,13,15-17,30-32H,5-10H2,(H,25,27,28,33)/t11-,13-,15?,16-,17+/m1/s1. The third-order valence-corrected chi connectivity index (χ3v) is 7.73. The van der Waals surface area contributed by atoms with Gasteiger partial charge in [0.15, 0.2) is 0 Å². The lowest BCUT2D eigenvalue weighted by Gasteiger charge is -2.35. The number of halogens is 2. The molecule has 1 unspecified atom stereocenters. The molecule has 0 spiro atoms. The maximum absolute atomic E-state index is 13.6. The van der Waals surface area contributed by atoms with Gasteiger partial charge >= 0.3 is 0 Å². The first-order valence-corrected chi connectivity index (χ1v) is 12.0. The summed E-state index contributed by atoms with van der Waals surface area (Å²) in [6.45, 7) is -0.247. The highest BCUT2D eigenvalue weighted by atomic mass is 32.1. The van der Waals surface area contributed by atoms with Crippen molar-refractivity contribution in [2.45, 2.75) is 49.4 Å². The molecule has 9 nitrogen and oxygen atoms in total. The maximum atomic E-state index is 13.6. The lowest BCUT2D eigenvalue weighted by Crippen LogP contribution is -2.54. The fraction of sp³-hybridized carbons (Fsp3) is 0.545. The highest BCUT2D eigenvalue weighted by Crippen LogP contribution is 2.34. The molecule has 1 aromatic carbocycles. The normalized spacial score (nSPS) is 32.8. The van der Waals surface area contributed by atoms with Gasteiger partial charge in [0.05, 0.1) is 22.4 Å². The number of hydrogen-bond donors (Lipinski definition) is 4. The fourth-order valence-corrected chi connectivity index (χ4v) is 5.68. The minimum atomic E-state index is -2.75. The summed E-state index contributed by atoms with van der Waals surface area (Å²) in [4.78, 5) is 28.5. The summed E-state index contributed by atoms with van der Waals surface area (Å²) < 4.78 is 28.2. The molecule has 12 heteroatoms. The number of piperidine rings is 1. The number of likely N-dealkylation sites (tertiary alicyclic amines) is 1. The molecule has 3 heterocycles. The largest absolute Gasteiger partial charge is 0.396 e. The number of hydrogen-bond acceptors (Lipinski definition) is 8. The minimum Gasteiger partial charge on any atom is -0.396 e. The molecule has 5 rings (SSSR count). The van der Waals surface area contributed by atoms with Crippen molar-refractivity contribution in [3.05, 3.63) is 29.3 Å². The average Bonchev–Trinajstić information content (AvgIpc) is 3.34. The van der Waals surface area contributed by atoms with E-state index >= 15 is 0 Å². The summed E-state index contributed by atoms with van der Waals surface area (Å²) in [7, 11) is 0. The summed E-state index contributed by atoms with van der Waals surface area (Å²) in [5.74, 6) is -4.44. The number of carbonyl (C=O) groups excluding carboxylic acids is 1. The third kappa shape index (κ3) is 4.30. The predicted octanol–water partition coefficient (Wildman–Crippen LogP) is 1.10. The van der Waals surface area contributed by atoms with Gasteiger partial charge in [-0.2, -0.15) is 4.99 Å². The Bertz CT molecular complexity index is 1110. The summed E-state index contributed by atoms with van der Waals surface area (Å²) in [5, 5.41) is 33.4. The van der Waals surface area contributed by atoms with E-state index in [0.29, 0.717) is 5.01 Å².